The van der Waals surface area contributed by atoms with E-state index < -0.39 is 0 Å². The van der Waals surface area contributed by atoms with Gasteiger partial charge in [0.15, 0.2) is 0 Å². The first-order valence-electron chi connectivity index (χ1n) is 4.22. The Kier molecular flexibility index (Phi) is 1.87. The van der Waals surface area contributed by atoms with E-state index in [1.165, 1.54) is 0 Å². The Morgan fingerprint density at radius 3 is 3.09 bits per heavy atom. The number of methoxy groups -OCH3 is 1. The molecule has 0 bridgehead atoms. The van der Waals surface area contributed by atoms with E-state index in [2.05, 4.69) is 5.32 Å². The van der Waals surface area contributed by atoms with Gasteiger partial charge in [-0.3, -0.25) is 0 Å². The van der Waals surface area contributed by atoms with Gasteiger partial charge in [-0.2, -0.15) is 0 Å². The highest BCUT2D eigenvalue weighted by Gasteiger charge is 2.42. The van der Waals surface area contributed by atoms with Crippen molar-refractivity contribution in [3.63, 3.8) is 0 Å². The second kappa shape index (κ2) is 2.73. The Balaban J connectivity index is 1.96. The van der Waals surface area contributed by atoms with Gasteiger partial charge in [0.1, 0.15) is 0 Å². The monoisotopic (exact) mass is 157 g/mol. The van der Waals surface area contributed by atoms with Crippen molar-refractivity contribution in [2.75, 3.05) is 26.8 Å². The smallest absolute Gasteiger partial charge is 0.0845 e. The molecular weight excluding hydrogens is 142 g/mol. The third-order valence-corrected chi connectivity index (χ3v) is 2.71. The fraction of sp³-hybridized carbons (Fsp3) is 1.00. The number of nitrogens with one attached hydrogen (secondary N) is 1. The minimum atomic E-state index is 0.126. The van der Waals surface area contributed by atoms with E-state index in [1.807, 2.05) is 0 Å². The average Bonchev–Trinajstić information content (AvgIpc) is 2.62. The van der Waals surface area contributed by atoms with Crippen LogP contribution in [0.25, 0.3) is 0 Å². The van der Waals surface area contributed by atoms with Crippen LogP contribution in [0.3, 0.4) is 0 Å². The maximum atomic E-state index is 5.72. The number of hydrogen-bond acceptors (Lipinski definition) is 3. The topological polar surface area (TPSA) is 30.5 Å². The van der Waals surface area contributed by atoms with Gasteiger partial charge in [-0.15, -0.1) is 0 Å². The molecule has 2 atom stereocenters. The maximum absolute atomic E-state index is 5.72. The molecule has 0 amide bonds. The van der Waals surface area contributed by atoms with Crippen molar-refractivity contribution in [1.82, 2.24) is 5.32 Å². The molecule has 0 saturated carbocycles. The molecule has 1 N–H and O–H groups in total. The number of rotatable bonds is 1. The van der Waals surface area contributed by atoms with E-state index in [0.717, 1.165) is 32.5 Å². The van der Waals surface area contributed by atoms with Gasteiger partial charge in [0.05, 0.1) is 18.3 Å². The van der Waals surface area contributed by atoms with Crippen molar-refractivity contribution >= 4 is 0 Å². The highest BCUT2D eigenvalue weighted by Crippen LogP contribution is 2.32. The third kappa shape index (κ3) is 1.28. The summed E-state index contributed by atoms with van der Waals surface area (Å²) in [5.41, 5.74) is 0.126. The van der Waals surface area contributed by atoms with Crippen LogP contribution in [0.15, 0.2) is 0 Å². The molecule has 0 unspecified atom stereocenters. The first-order valence-corrected chi connectivity index (χ1v) is 4.22. The van der Waals surface area contributed by atoms with Crippen molar-refractivity contribution in [1.29, 1.82) is 0 Å². The molecular formula is C8H15NO2. The van der Waals surface area contributed by atoms with Crippen LogP contribution in [0.4, 0.5) is 0 Å². The van der Waals surface area contributed by atoms with Crippen molar-refractivity contribution in [3.05, 3.63) is 0 Å². The van der Waals surface area contributed by atoms with Gasteiger partial charge in [0, 0.05) is 20.1 Å². The van der Waals surface area contributed by atoms with E-state index in [0.29, 0.717) is 6.10 Å². The Hall–Kier alpha value is -0.120. The summed E-state index contributed by atoms with van der Waals surface area (Å²) in [4.78, 5) is 0. The Morgan fingerprint density at radius 1 is 1.64 bits per heavy atom. The molecule has 0 aliphatic carbocycles. The largest absolute Gasteiger partial charge is 0.379 e. The van der Waals surface area contributed by atoms with Gasteiger partial charge in [-0.1, -0.05) is 0 Å². The molecule has 0 aromatic carbocycles. The molecule has 2 rings (SSSR count). The summed E-state index contributed by atoms with van der Waals surface area (Å²) < 4.78 is 11.0. The Labute approximate surface area is 67.1 Å². The highest BCUT2D eigenvalue weighted by molar-refractivity contribution is 4.96. The summed E-state index contributed by atoms with van der Waals surface area (Å²) in [6.07, 6.45) is 2.54. The molecule has 2 fully saturated rings. The lowest BCUT2D eigenvalue weighted by Gasteiger charge is -2.20. The second-order valence-electron chi connectivity index (χ2n) is 3.48. The van der Waals surface area contributed by atoms with Gasteiger partial charge >= 0.3 is 0 Å². The summed E-state index contributed by atoms with van der Waals surface area (Å²) in [6.45, 7) is 2.88. The van der Waals surface area contributed by atoms with Crippen molar-refractivity contribution in [2.24, 2.45) is 0 Å². The van der Waals surface area contributed by atoms with E-state index >= 15 is 0 Å². The lowest BCUT2D eigenvalue weighted by atomic mass is 9.98. The van der Waals surface area contributed by atoms with Gasteiger partial charge in [0.2, 0.25) is 0 Å². The molecule has 0 aromatic heterocycles. The molecule has 64 valence electrons. The van der Waals surface area contributed by atoms with Gasteiger partial charge in [-0.05, 0) is 13.0 Å². The highest BCUT2D eigenvalue weighted by atomic mass is 16.6. The summed E-state index contributed by atoms with van der Waals surface area (Å²) in [6, 6.07) is 0. The van der Waals surface area contributed by atoms with Crippen molar-refractivity contribution in [2.45, 2.75) is 24.5 Å². The van der Waals surface area contributed by atoms with Crippen LogP contribution >= 0.6 is 0 Å². The van der Waals surface area contributed by atoms with Gasteiger partial charge < -0.3 is 14.8 Å². The molecule has 2 heterocycles. The SMILES string of the molecule is CO[C@H]1CO[C@]2(CCNC2)C1. The average molecular weight is 157 g/mol. The number of hydrogen-bond donors (Lipinski definition) is 1. The van der Waals surface area contributed by atoms with E-state index in [-0.39, 0.29) is 5.60 Å². The molecule has 3 heteroatoms. The fourth-order valence-corrected chi connectivity index (χ4v) is 1.97. The maximum Gasteiger partial charge on any atom is 0.0845 e. The molecule has 1 spiro atoms. The lowest BCUT2D eigenvalue weighted by molar-refractivity contribution is 0.0142. The summed E-state index contributed by atoms with van der Waals surface area (Å²) in [7, 11) is 1.76. The van der Waals surface area contributed by atoms with Crippen LogP contribution in [0.2, 0.25) is 0 Å². The number of ether oxygens (including phenoxy) is 2. The first-order chi connectivity index (χ1) is 5.35. The normalized spacial score (nSPS) is 43.9. The minimum absolute atomic E-state index is 0.126. The van der Waals surface area contributed by atoms with Crippen LogP contribution < -0.4 is 5.32 Å². The van der Waals surface area contributed by atoms with E-state index in [4.69, 9.17) is 9.47 Å². The summed E-state index contributed by atoms with van der Waals surface area (Å²) >= 11 is 0. The van der Waals surface area contributed by atoms with E-state index in [9.17, 15) is 0 Å². The quantitative estimate of drug-likeness (QED) is 0.588. The van der Waals surface area contributed by atoms with Crippen LogP contribution in [0, 0.1) is 0 Å². The predicted molar refractivity (Wildman–Crippen MR) is 41.6 cm³/mol. The van der Waals surface area contributed by atoms with Crippen molar-refractivity contribution in [3.8, 4) is 0 Å². The predicted octanol–water partition coefficient (Wildman–Crippen LogP) is 0.154. The first kappa shape index (κ1) is 7.53. The van der Waals surface area contributed by atoms with Gasteiger partial charge in [-0.25, -0.2) is 0 Å². The van der Waals surface area contributed by atoms with Crippen LogP contribution in [0.5, 0.6) is 0 Å². The minimum Gasteiger partial charge on any atom is -0.379 e. The molecule has 11 heavy (non-hydrogen) atoms. The molecule has 0 aromatic rings. The van der Waals surface area contributed by atoms with Crippen LogP contribution in [0.1, 0.15) is 12.8 Å². The van der Waals surface area contributed by atoms with Gasteiger partial charge in [0.25, 0.3) is 0 Å². The third-order valence-electron chi connectivity index (χ3n) is 2.71. The summed E-state index contributed by atoms with van der Waals surface area (Å²) in [5, 5.41) is 3.32. The zero-order valence-electron chi connectivity index (χ0n) is 6.93. The zero-order chi connectivity index (χ0) is 7.73. The lowest BCUT2D eigenvalue weighted by Crippen LogP contribution is -2.30. The molecule has 3 nitrogen and oxygen atoms in total. The fourth-order valence-electron chi connectivity index (χ4n) is 1.97. The summed E-state index contributed by atoms with van der Waals surface area (Å²) in [5.74, 6) is 0. The van der Waals surface area contributed by atoms with Crippen LogP contribution in [-0.4, -0.2) is 38.5 Å². The Morgan fingerprint density at radius 2 is 2.55 bits per heavy atom. The van der Waals surface area contributed by atoms with E-state index in [1.54, 1.807) is 7.11 Å². The second-order valence-corrected chi connectivity index (χ2v) is 3.48. The molecule has 2 aliphatic rings. The Bertz CT molecular complexity index is 143. The van der Waals surface area contributed by atoms with Crippen molar-refractivity contribution < 1.29 is 9.47 Å². The van der Waals surface area contributed by atoms with Crippen LogP contribution in [-0.2, 0) is 9.47 Å². The standard InChI is InChI=1S/C8H15NO2/c1-10-7-4-8(11-5-7)2-3-9-6-8/h7,9H,2-6H2,1H3/t7-,8-/m1/s1. The zero-order valence-corrected chi connectivity index (χ0v) is 6.93. The molecule has 2 aliphatic heterocycles. The molecule has 0 radical (unpaired) electrons. The molecule has 2 saturated heterocycles.